The minimum Gasteiger partial charge on any atom is -0.495 e. The normalized spacial score (nSPS) is 15.2. The summed E-state index contributed by atoms with van der Waals surface area (Å²) in [7, 11) is 1.65. The Balaban J connectivity index is 1.91. The number of nitrogens with one attached hydrogen (secondary N) is 1. The van der Waals surface area contributed by atoms with Gasteiger partial charge in [-0.05, 0) is 43.0 Å². The van der Waals surface area contributed by atoms with Crippen molar-refractivity contribution in [1.82, 2.24) is 4.90 Å². The summed E-state index contributed by atoms with van der Waals surface area (Å²) >= 11 is 0. The van der Waals surface area contributed by atoms with Gasteiger partial charge in [0.25, 0.3) is 0 Å². The molecule has 126 valence electrons. The Morgan fingerprint density at radius 3 is 2.50 bits per heavy atom. The quantitative estimate of drug-likeness (QED) is 0.910. The first kappa shape index (κ1) is 16.4. The van der Waals surface area contributed by atoms with E-state index < -0.39 is 6.04 Å². The summed E-state index contributed by atoms with van der Waals surface area (Å²) in [4.78, 5) is 15.0. The molecule has 0 aromatic heterocycles. The van der Waals surface area contributed by atoms with E-state index in [2.05, 4.69) is 5.32 Å². The Morgan fingerprint density at radius 2 is 1.83 bits per heavy atom. The number of hydrogen-bond donors (Lipinski definition) is 1. The maximum absolute atomic E-state index is 13.0. The van der Waals surface area contributed by atoms with Crippen LogP contribution in [-0.4, -0.2) is 31.0 Å². The first-order chi connectivity index (χ1) is 11.7. The molecule has 2 aromatic carbocycles. The summed E-state index contributed by atoms with van der Waals surface area (Å²) in [5.41, 5.74) is 2.93. The average molecular weight is 324 g/mol. The molecule has 0 radical (unpaired) electrons. The minimum atomic E-state index is -0.402. The van der Waals surface area contributed by atoms with Gasteiger partial charge >= 0.3 is 0 Å². The molecule has 0 aliphatic carbocycles. The number of hydrogen-bond acceptors (Lipinski definition) is 3. The van der Waals surface area contributed by atoms with Crippen LogP contribution in [0.4, 0.5) is 5.69 Å². The Bertz CT molecular complexity index is 694. The molecule has 0 bridgehead atoms. The Kier molecular flexibility index (Phi) is 5.04. The summed E-state index contributed by atoms with van der Waals surface area (Å²) in [6, 6.07) is 15.5. The molecule has 2 aromatic rings. The highest BCUT2D eigenvalue weighted by atomic mass is 16.5. The standard InChI is InChI=1S/C20H24N2O2/c1-15-10-11-17(18(14-15)24-2)21-19(16-8-4-3-5-9-16)20(23)22-12-6-7-13-22/h3-5,8-11,14,19,21H,6-7,12-13H2,1-2H3/t19-/m1/s1. The fraction of sp³-hybridized carbons (Fsp3) is 0.350. The number of anilines is 1. The fourth-order valence-corrected chi connectivity index (χ4v) is 3.13. The number of aryl methyl sites for hydroxylation is 1. The molecule has 3 rings (SSSR count). The number of rotatable bonds is 5. The van der Waals surface area contributed by atoms with E-state index in [0.717, 1.165) is 48.5 Å². The molecule has 1 saturated heterocycles. The molecule has 1 atom stereocenters. The van der Waals surface area contributed by atoms with E-state index >= 15 is 0 Å². The SMILES string of the molecule is COc1cc(C)ccc1N[C@@H](C(=O)N1CCCC1)c1ccccc1. The lowest BCUT2D eigenvalue weighted by Crippen LogP contribution is -2.36. The van der Waals surface area contributed by atoms with Crippen LogP contribution in [0.3, 0.4) is 0 Å². The van der Waals surface area contributed by atoms with Crippen LogP contribution in [-0.2, 0) is 4.79 Å². The Morgan fingerprint density at radius 1 is 1.12 bits per heavy atom. The highest BCUT2D eigenvalue weighted by molar-refractivity contribution is 5.87. The van der Waals surface area contributed by atoms with Crippen LogP contribution in [0.1, 0.15) is 30.0 Å². The van der Waals surface area contributed by atoms with Crippen LogP contribution in [0, 0.1) is 6.92 Å². The molecule has 1 aliphatic heterocycles. The summed E-state index contributed by atoms with van der Waals surface area (Å²) < 4.78 is 5.48. The van der Waals surface area contributed by atoms with Crippen molar-refractivity contribution < 1.29 is 9.53 Å². The van der Waals surface area contributed by atoms with Gasteiger partial charge in [0.2, 0.25) is 5.91 Å². The van der Waals surface area contributed by atoms with E-state index in [9.17, 15) is 4.79 Å². The van der Waals surface area contributed by atoms with Gasteiger partial charge in [0.1, 0.15) is 11.8 Å². The summed E-state index contributed by atoms with van der Waals surface area (Å²) in [6.45, 7) is 3.71. The molecule has 4 nitrogen and oxygen atoms in total. The lowest BCUT2D eigenvalue weighted by Gasteiger charge is -2.26. The van der Waals surface area contributed by atoms with Gasteiger partial charge in [-0.25, -0.2) is 0 Å². The van der Waals surface area contributed by atoms with E-state index in [-0.39, 0.29) is 5.91 Å². The summed E-state index contributed by atoms with van der Waals surface area (Å²) in [6.07, 6.45) is 2.17. The lowest BCUT2D eigenvalue weighted by atomic mass is 10.0. The van der Waals surface area contributed by atoms with Gasteiger partial charge in [-0.2, -0.15) is 0 Å². The number of methoxy groups -OCH3 is 1. The van der Waals surface area contributed by atoms with E-state index in [4.69, 9.17) is 4.74 Å². The second kappa shape index (κ2) is 7.39. The number of carbonyl (C=O) groups is 1. The average Bonchev–Trinajstić information content (AvgIpc) is 3.15. The number of likely N-dealkylation sites (tertiary alicyclic amines) is 1. The van der Waals surface area contributed by atoms with Crippen molar-refractivity contribution in [3.05, 3.63) is 59.7 Å². The maximum Gasteiger partial charge on any atom is 0.249 e. The van der Waals surface area contributed by atoms with Crippen LogP contribution >= 0.6 is 0 Å². The third-order valence-electron chi connectivity index (χ3n) is 4.45. The highest BCUT2D eigenvalue weighted by Gasteiger charge is 2.28. The topological polar surface area (TPSA) is 41.6 Å². The van der Waals surface area contributed by atoms with E-state index in [1.165, 1.54) is 0 Å². The smallest absolute Gasteiger partial charge is 0.249 e. The second-order valence-corrected chi connectivity index (χ2v) is 6.22. The van der Waals surface area contributed by atoms with Crippen molar-refractivity contribution in [2.24, 2.45) is 0 Å². The van der Waals surface area contributed by atoms with E-state index in [1.807, 2.05) is 60.4 Å². The molecule has 1 heterocycles. The molecule has 1 amide bonds. The van der Waals surface area contributed by atoms with Crippen LogP contribution in [0.5, 0.6) is 5.75 Å². The van der Waals surface area contributed by atoms with Gasteiger partial charge in [-0.3, -0.25) is 4.79 Å². The molecule has 0 saturated carbocycles. The molecule has 1 fully saturated rings. The minimum absolute atomic E-state index is 0.126. The van der Waals surface area contributed by atoms with Crippen molar-refractivity contribution in [2.75, 3.05) is 25.5 Å². The monoisotopic (exact) mass is 324 g/mol. The zero-order valence-electron chi connectivity index (χ0n) is 14.3. The second-order valence-electron chi connectivity index (χ2n) is 6.22. The first-order valence-electron chi connectivity index (χ1n) is 8.44. The van der Waals surface area contributed by atoms with Crippen LogP contribution < -0.4 is 10.1 Å². The highest BCUT2D eigenvalue weighted by Crippen LogP contribution is 2.30. The van der Waals surface area contributed by atoms with Crippen molar-refractivity contribution in [1.29, 1.82) is 0 Å². The van der Waals surface area contributed by atoms with Crippen LogP contribution in [0.25, 0.3) is 0 Å². The third-order valence-corrected chi connectivity index (χ3v) is 4.45. The largest absolute Gasteiger partial charge is 0.495 e. The number of carbonyl (C=O) groups excluding carboxylic acids is 1. The van der Waals surface area contributed by atoms with Crippen molar-refractivity contribution >= 4 is 11.6 Å². The number of benzene rings is 2. The van der Waals surface area contributed by atoms with Crippen molar-refractivity contribution in [3.63, 3.8) is 0 Å². The lowest BCUT2D eigenvalue weighted by molar-refractivity contribution is -0.131. The molecule has 24 heavy (non-hydrogen) atoms. The first-order valence-corrected chi connectivity index (χ1v) is 8.44. The fourth-order valence-electron chi connectivity index (χ4n) is 3.13. The molecular weight excluding hydrogens is 300 g/mol. The van der Waals surface area contributed by atoms with Crippen molar-refractivity contribution in [2.45, 2.75) is 25.8 Å². The molecule has 0 unspecified atom stereocenters. The molecule has 1 N–H and O–H groups in total. The molecule has 4 heteroatoms. The van der Waals surface area contributed by atoms with Gasteiger partial charge in [-0.1, -0.05) is 36.4 Å². The van der Waals surface area contributed by atoms with Crippen LogP contribution in [0.2, 0.25) is 0 Å². The van der Waals surface area contributed by atoms with E-state index in [1.54, 1.807) is 7.11 Å². The zero-order valence-corrected chi connectivity index (χ0v) is 14.3. The maximum atomic E-state index is 13.0. The van der Waals surface area contributed by atoms with Crippen molar-refractivity contribution in [3.8, 4) is 5.75 Å². The van der Waals surface area contributed by atoms with Crippen LogP contribution in [0.15, 0.2) is 48.5 Å². The van der Waals surface area contributed by atoms with E-state index in [0.29, 0.717) is 0 Å². The Labute approximate surface area is 143 Å². The number of nitrogens with zero attached hydrogens (tertiary/aromatic N) is 1. The summed E-state index contributed by atoms with van der Waals surface area (Å²) in [5, 5.41) is 3.40. The number of amides is 1. The van der Waals surface area contributed by atoms with Gasteiger partial charge in [0.05, 0.1) is 12.8 Å². The Hall–Kier alpha value is -2.49. The van der Waals surface area contributed by atoms with Gasteiger partial charge < -0.3 is 15.0 Å². The molecule has 0 spiro atoms. The predicted octanol–water partition coefficient (Wildman–Crippen LogP) is 3.78. The van der Waals surface area contributed by atoms with Gasteiger partial charge in [0, 0.05) is 13.1 Å². The van der Waals surface area contributed by atoms with Gasteiger partial charge in [-0.15, -0.1) is 0 Å². The third kappa shape index (κ3) is 3.53. The molecular formula is C20H24N2O2. The zero-order chi connectivity index (χ0) is 16.9. The number of ether oxygens (including phenoxy) is 1. The summed E-state index contributed by atoms with van der Waals surface area (Å²) in [5.74, 6) is 0.881. The predicted molar refractivity (Wildman–Crippen MR) is 96.4 cm³/mol. The van der Waals surface area contributed by atoms with Gasteiger partial charge in [0.15, 0.2) is 0 Å². The molecule has 1 aliphatic rings.